The minimum absolute atomic E-state index is 0.105. The van der Waals surface area contributed by atoms with E-state index in [9.17, 15) is 19.1 Å². The van der Waals surface area contributed by atoms with Gasteiger partial charge in [0, 0.05) is 11.1 Å². The number of carbonyl (C=O) groups is 2. The van der Waals surface area contributed by atoms with Gasteiger partial charge in [-0.2, -0.15) is 0 Å². The molecule has 0 fully saturated rings. The monoisotopic (exact) mass is 361 g/mol. The first-order chi connectivity index (χ1) is 12.5. The number of nitrogens with one attached hydrogen (secondary N) is 1. The van der Waals surface area contributed by atoms with Gasteiger partial charge in [-0.25, -0.2) is 9.18 Å². The lowest BCUT2D eigenvalue weighted by molar-refractivity contribution is -0.139. The van der Waals surface area contributed by atoms with E-state index in [0.717, 1.165) is 6.07 Å². The first-order valence-electron chi connectivity index (χ1n) is 7.77. The number of hydrogen-bond donors (Lipinski definition) is 2. The molecule has 1 atom stereocenters. The van der Waals surface area contributed by atoms with Crippen LogP contribution in [0, 0.1) is 5.82 Å². The summed E-state index contributed by atoms with van der Waals surface area (Å²) < 4.78 is 30.0. The van der Waals surface area contributed by atoms with Crippen LogP contribution in [0.25, 0.3) is 0 Å². The number of amides is 1. The topological polar surface area (TPSA) is 94.1 Å². The third-order valence-corrected chi connectivity index (χ3v) is 3.83. The molecule has 0 radical (unpaired) electrons. The van der Waals surface area contributed by atoms with Crippen LogP contribution in [-0.2, 0) is 4.79 Å². The standard InChI is InChI=1S/C18H16FNO6/c1-24-13-8-10(9-14-16(13)26-7-6-25-14)17(21)20-15(18(22)23)11-4-2-3-5-12(11)19/h2-5,8-9,15H,6-7H2,1H3,(H,20,21)(H,22,23). The van der Waals surface area contributed by atoms with E-state index in [2.05, 4.69) is 5.32 Å². The van der Waals surface area contributed by atoms with Crippen molar-refractivity contribution in [2.45, 2.75) is 6.04 Å². The second-order valence-electron chi connectivity index (χ2n) is 5.47. The van der Waals surface area contributed by atoms with Gasteiger partial charge in [-0.3, -0.25) is 4.79 Å². The van der Waals surface area contributed by atoms with Gasteiger partial charge < -0.3 is 24.6 Å². The Labute approximate surface area is 148 Å². The summed E-state index contributed by atoms with van der Waals surface area (Å²) in [6.07, 6.45) is 0. The van der Waals surface area contributed by atoms with Crippen molar-refractivity contribution in [1.29, 1.82) is 0 Å². The Kier molecular flexibility index (Phi) is 4.92. The molecule has 0 aliphatic carbocycles. The van der Waals surface area contributed by atoms with Crippen LogP contribution in [0.15, 0.2) is 36.4 Å². The average molecular weight is 361 g/mol. The van der Waals surface area contributed by atoms with Gasteiger partial charge in [-0.15, -0.1) is 0 Å². The summed E-state index contributed by atoms with van der Waals surface area (Å²) in [5.41, 5.74) is -0.0356. The molecule has 0 saturated heterocycles. The van der Waals surface area contributed by atoms with Gasteiger partial charge in [-0.1, -0.05) is 18.2 Å². The van der Waals surface area contributed by atoms with Gasteiger partial charge in [0.25, 0.3) is 5.91 Å². The molecule has 8 heteroatoms. The van der Waals surface area contributed by atoms with Gasteiger partial charge in [0.1, 0.15) is 19.0 Å². The number of ether oxygens (including phenoxy) is 3. The highest BCUT2D eigenvalue weighted by molar-refractivity contribution is 5.98. The van der Waals surface area contributed by atoms with Crippen molar-refractivity contribution < 1.29 is 33.3 Å². The Morgan fingerprint density at radius 3 is 2.65 bits per heavy atom. The minimum Gasteiger partial charge on any atom is -0.493 e. The Balaban J connectivity index is 1.91. The first-order valence-corrected chi connectivity index (χ1v) is 7.77. The third-order valence-electron chi connectivity index (χ3n) is 3.83. The normalized spacial score (nSPS) is 13.6. The van der Waals surface area contributed by atoms with Crippen LogP contribution in [0.4, 0.5) is 4.39 Å². The van der Waals surface area contributed by atoms with Crippen molar-refractivity contribution in [1.82, 2.24) is 5.32 Å². The lowest BCUT2D eigenvalue weighted by Gasteiger charge is -2.22. The predicted octanol–water partition coefficient (Wildman–Crippen LogP) is 2.16. The van der Waals surface area contributed by atoms with Crippen LogP contribution in [-0.4, -0.2) is 37.3 Å². The van der Waals surface area contributed by atoms with E-state index in [0.29, 0.717) is 24.7 Å². The van der Waals surface area contributed by atoms with E-state index in [1.54, 1.807) is 0 Å². The minimum atomic E-state index is -1.54. The molecule has 7 nitrogen and oxygen atoms in total. The van der Waals surface area contributed by atoms with Crippen molar-refractivity contribution >= 4 is 11.9 Å². The molecule has 2 aromatic rings. The van der Waals surface area contributed by atoms with Crippen LogP contribution in [0.2, 0.25) is 0 Å². The smallest absolute Gasteiger partial charge is 0.331 e. The number of carbonyl (C=O) groups excluding carboxylic acids is 1. The molecule has 136 valence electrons. The number of aliphatic carboxylic acids is 1. The summed E-state index contributed by atoms with van der Waals surface area (Å²) in [4.78, 5) is 24.1. The van der Waals surface area contributed by atoms with E-state index in [1.165, 1.54) is 37.4 Å². The van der Waals surface area contributed by atoms with Crippen LogP contribution >= 0.6 is 0 Å². The zero-order valence-electron chi connectivity index (χ0n) is 13.8. The molecule has 1 amide bonds. The molecule has 2 N–H and O–H groups in total. The average Bonchev–Trinajstić information content (AvgIpc) is 2.65. The number of fused-ring (bicyclic) bond motifs is 1. The molecule has 1 unspecified atom stereocenters. The molecule has 1 aliphatic heterocycles. The highest BCUT2D eigenvalue weighted by atomic mass is 19.1. The molecular formula is C18H16FNO6. The number of carboxylic acids is 1. The Morgan fingerprint density at radius 1 is 1.23 bits per heavy atom. The molecule has 3 rings (SSSR count). The van der Waals surface area contributed by atoms with E-state index < -0.39 is 23.7 Å². The summed E-state index contributed by atoms with van der Waals surface area (Å²) in [6, 6.07) is 6.65. The second-order valence-corrected chi connectivity index (χ2v) is 5.47. The molecular weight excluding hydrogens is 345 g/mol. The summed E-state index contributed by atoms with van der Waals surface area (Å²) in [6.45, 7) is 0.664. The molecule has 1 aliphatic rings. The molecule has 0 saturated carbocycles. The summed E-state index contributed by atoms with van der Waals surface area (Å²) in [7, 11) is 1.41. The van der Waals surface area contributed by atoms with E-state index in [4.69, 9.17) is 14.2 Å². The van der Waals surface area contributed by atoms with Crippen molar-refractivity contribution in [2.75, 3.05) is 20.3 Å². The number of hydrogen-bond acceptors (Lipinski definition) is 5. The fraction of sp³-hybridized carbons (Fsp3) is 0.222. The largest absolute Gasteiger partial charge is 0.493 e. The maximum Gasteiger partial charge on any atom is 0.331 e. The van der Waals surface area contributed by atoms with E-state index in [-0.39, 0.29) is 16.9 Å². The first kappa shape index (κ1) is 17.5. The number of methoxy groups -OCH3 is 1. The zero-order valence-corrected chi connectivity index (χ0v) is 13.8. The molecule has 2 aromatic carbocycles. The van der Waals surface area contributed by atoms with Crippen LogP contribution in [0.3, 0.4) is 0 Å². The Bertz CT molecular complexity index is 836. The van der Waals surface area contributed by atoms with Gasteiger partial charge in [0.05, 0.1) is 7.11 Å². The van der Waals surface area contributed by atoms with Crippen LogP contribution in [0.1, 0.15) is 22.0 Å². The number of halogens is 1. The van der Waals surface area contributed by atoms with Crippen molar-refractivity contribution in [3.63, 3.8) is 0 Å². The van der Waals surface area contributed by atoms with Gasteiger partial charge in [0.15, 0.2) is 17.5 Å². The number of carboxylic acid groups (broad SMARTS) is 1. The molecule has 26 heavy (non-hydrogen) atoms. The van der Waals surface area contributed by atoms with E-state index >= 15 is 0 Å². The Hall–Kier alpha value is -3.29. The van der Waals surface area contributed by atoms with Gasteiger partial charge in [0.2, 0.25) is 5.75 Å². The predicted molar refractivity (Wildman–Crippen MR) is 88.2 cm³/mol. The Morgan fingerprint density at radius 2 is 1.96 bits per heavy atom. The van der Waals surface area contributed by atoms with Crippen molar-refractivity contribution in [3.05, 3.63) is 53.3 Å². The summed E-state index contributed by atoms with van der Waals surface area (Å²) >= 11 is 0. The van der Waals surface area contributed by atoms with Crippen LogP contribution < -0.4 is 19.5 Å². The fourth-order valence-corrected chi connectivity index (χ4v) is 2.60. The highest BCUT2D eigenvalue weighted by Gasteiger charge is 2.27. The lowest BCUT2D eigenvalue weighted by Crippen LogP contribution is -2.34. The molecule has 0 aromatic heterocycles. The maximum absolute atomic E-state index is 13.9. The zero-order chi connectivity index (χ0) is 18.7. The summed E-state index contributed by atoms with van der Waals surface area (Å²) in [5.74, 6) is -1.84. The second kappa shape index (κ2) is 7.30. The lowest BCUT2D eigenvalue weighted by atomic mass is 10.1. The van der Waals surface area contributed by atoms with Crippen LogP contribution in [0.5, 0.6) is 17.2 Å². The van der Waals surface area contributed by atoms with E-state index in [1.807, 2.05) is 0 Å². The number of rotatable bonds is 5. The highest BCUT2D eigenvalue weighted by Crippen LogP contribution is 2.40. The quantitative estimate of drug-likeness (QED) is 0.848. The summed E-state index contributed by atoms with van der Waals surface area (Å²) in [5, 5.41) is 11.7. The number of benzene rings is 2. The van der Waals surface area contributed by atoms with Gasteiger partial charge in [-0.05, 0) is 18.2 Å². The van der Waals surface area contributed by atoms with Crippen molar-refractivity contribution in [2.24, 2.45) is 0 Å². The molecule has 0 bridgehead atoms. The molecule has 0 spiro atoms. The molecule has 1 heterocycles. The van der Waals surface area contributed by atoms with Crippen molar-refractivity contribution in [3.8, 4) is 17.2 Å². The SMILES string of the molecule is COc1cc(C(=O)NC(C(=O)O)c2ccccc2F)cc2c1OCCO2. The maximum atomic E-state index is 13.9. The third kappa shape index (κ3) is 3.39. The van der Waals surface area contributed by atoms with Gasteiger partial charge >= 0.3 is 5.97 Å². The fourth-order valence-electron chi connectivity index (χ4n) is 2.60.